The molecule has 0 amide bonds. The molecule has 3 heterocycles. The van der Waals surface area contributed by atoms with Crippen LogP contribution < -0.4 is 26.5 Å². The standard InChI is InChI=1S/C22H24N4O3/c1-22(23)10-12-25(15-22)19-8-7-18(21(28)24-19)26-11-9-17(13-20(26)27)29-14-16-5-3-2-4-6-16/h2-9,11,13H,10,12,14-15,23H2,1H3,(H,24,28). The quantitative estimate of drug-likeness (QED) is 0.693. The molecule has 4 rings (SSSR count). The van der Waals surface area contributed by atoms with E-state index in [1.807, 2.05) is 43.3 Å². The van der Waals surface area contributed by atoms with Crippen LogP contribution in [0, 0.1) is 0 Å². The highest BCUT2D eigenvalue weighted by Gasteiger charge is 2.30. The molecule has 1 unspecified atom stereocenters. The van der Waals surface area contributed by atoms with E-state index in [1.54, 1.807) is 18.3 Å². The molecule has 3 N–H and O–H groups in total. The van der Waals surface area contributed by atoms with Crippen LogP contribution in [0.4, 0.5) is 5.82 Å². The van der Waals surface area contributed by atoms with Gasteiger partial charge >= 0.3 is 0 Å². The Balaban J connectivity index is 1.52. The molecule has 2 aromatic heterocycles. The highest BCUT2D eigenvalue weighted by Crippen LogP contribution is 2.22. The van der Waals surface area contributed by atoms with Crippen molar-refractivity contribution in [1.29, 1.82) is 0 Å². The van der Waals surface area contributed by atoms with Gasteiger partial charge in [0.2, 0.25) is 0 Å². The van der Waals surface area contributed by atoms with Crippen LogP contribution in [0.3, 0.4) is 0 Å². The van der Waals surface area contributed by atoms with E-state index in [4.69, 9.17) is 10.5 Å². The van der Waals surface area contributed by atoms with Gasteiger partial charge in [-0.25, -0.2) is 0 Å². The summed E-state index contributed by atoms with van der Waals surface area (Å²) < 4.78 is 7.00. The number of pyridine rings is 2. The third kappa shape index (κ3) is 4.25. The maximum atomic E-state index is 12.6. The summed E-state index contributed by atoms with van der Waals surface area (Å²) in [5, 5.41) is 0. The number of anilines is 1. The van der Waals surface area contributed by atoms with Gasteiger partial charge in [-0.2, -0.15) is 0 Å². The largest absolute Gasteiger partial charge is 0.489 e. The van der Waals surface area contributed by atoms with Gasteiger partial charge in [0.15, 0.2) is 0 Å². The lowest BCUT2D eigenvalue weighted by Gasteiger charge is -2.21. The fourth-order valence-corrected chi connectivity index (χ4v) is 3.51. The van der Waals surface area contributed by atoms with Crippen molar-refractivity contribution in [2.24, 2.45) is 5.73 Å². The Hall–Kier alpha value is -3.32. The average Bonchev–Trinajstić information content (AvgIpc) is 3.07. The highest BCUT2D eigenvalue weighted by atomic mass is 16.5. The summed E-state index contributed by atoms with van der Waals surface area (Å²) in [6.07, 6.45) is 2.42. The van der Waals surface area contributed by atoms with Crippen LogP contribution in [-0.2, 0) is 6.61 Å². The van der Waals surface area contributed by atoms with Gasteiger partial charge in [0.1, 0.15) is 23.9 Å². The van der Waals surface area contributed by atoms with Gasteiger partial charge in [0.25, 0.3) is 11.1 Å². The summed E-state index contributed by atoms with van der Waals surface area (Å²) in [6, 6.07) is 16.2. The lowest BCUT2D eigenvalue weighted by Crippen LogP contribution is -2.39. The number of aromatic nitrogens is 2. The van der Waals surface area contributed by atoms with E-state index in [-0.39, 0.29) is 22.3 Å². The van der Waals surface area contributed by atoms with Gasteiger partial charge < -0.3 is 20.4 Å². The molecule has 150 valence electrons. The van der Waals surface area contributed by atoms with Crippen LogP contribution in [0.2, 0.25) is 0 Å². The van der Waals surface area contributed by atoms with E-state index < -0.39 is 0 Å². The van der Waals surface area contributed by atoms with Crippen molar-refractivity contribution in [2.75, 3.05) is 18.0 Å². The molecule has 29 heavy (non-hydrogen) atoms. The van der Waals surface area contributed by atoms with Crippen LogP contribution >= 0.6 is 0 Å². The number of nitrogens with one attached hydrogen (secondary N) is 1. The average molecular weight is 392 g/mol. The zero-order valence-corrected chi connectivity index (χ0v) is 16.3. The molecule has 1 aliphatic heterocycles. The lowest BCUT2D eigenvalue weighted by atomic mass is 10.0. The zero-order valence-electron chi connectivity index (χ0n) is 16.3. The summed E-state index contributed by atoms with van der Waals surface area (Å²) in [5.74, 6) is 1.17. The second-order valence-corrected chi connectivity index (χ2v) is 7.73. The van der Waals surface area contributed by atoms with E-state index in [2.05, 4.69) is 9.88 Å². The number of hydrogen-bond acceptors (Lipinski definition) is 5. The third-order valence-electron chi connectivity index (χ3n) is 5.12. The fraction of sp³-hybridized carbons (Fsp3) is 0.273. The van der Waals surface area contributed by atoms with Gasteiger partial charge in [0, 0.05) is 30.9 Å². The van der Waals surface area contributed by atoms with E-state index in [1.165, 1.54) is 10.6 Å². The van der Waals surface area contributed by atoms with Crippen molar-refractivity contribution in [2.45, 2.75) is 25.5 Å². The van der Waals surface area contributed by atoms with Gasteiger partial charge in [-0.3, -0.25) is 14.2 Å². The van der Waals surface area contributed by atoms with E-state index in [0.717, 1.165) is 18.5 Å². The molecule has 0 aliphatic carbocycles. The first kappa shape index (κ1) is 19.0. The second-order valence-electron chi connectivity index (χ2n) is 7.73. The predicted octanol–water partition coefficient (Wildman–Crippen LogP) is 2.03. The number of rotatable bonds is 5. The van der Waals surface area contributed by atoms with Crippen molar-refractivity contribution in [3.8, 4) is 11.4 Å². The molecular weight excluding hydrogens is 368 g/mol. The summed E-state index contributed by atoms with van der Waals surface area (Å²) >= 11 is 0. The number of benzene rings is 1. The third-order valence-corrected chi connectivity index (χ3v) is 5.12. The Morgan fingerprint density at radius 2 is 1.93 bits per heavy atom. The number of H-pyrrole nitrogens is 1. The minimum atomic E-state index is -0.329. The normalized spacial score (nSPS) is 18.8. The predicted molar refractivity (Wildman–Crippen MR) is 113 cm³/mol. The fourth-order valence-electron chi connectivity index (χ4n) is 3.51. The van der Waals surface area contributed by atoms with Gasteiger partial charge in [0.05, 0.1) is 0 Å². The van der Waals surface area contributed by atoms with Crippen molar-refractivity contribution >= 4 is 5.82 Å². The first-order valence-corrected chi connectivity index (χ1v) is 9.58. The number of ether oxygens (including phenoxy) is 1. The summed E-state index contributed by atoms with van der Waals surface area (Å²) in [4.78, 5) is 30.1. The minimum absolute atomic E-state index is 0.262. The molecule has 1 fully saturated rings. The number of hydrogen-bond donors (Lipinski definition) is 2. The molecule has 0 radical (unpaired) electrons. The Morgan fingerprint density at radius 3 is 2.59 bits per heavy atom. The van der Waals surface area contributed by atoms with Crippen LogP contribution in [0.1, 0.15) is 18.9 Å². The molecule has 0 saturated carbocycles. The molecular formula is C22H24N4O3. The first-order valence-electron chi connectivity index (χ1n) is 9.58. The van der Waals surface area contributed by atoms with Gasteiger partial charge in [-0.05, 0) is 37.1 Å². The number of nitrogens with zero attached hydrogens (tertiary/aromatic N) is 2. The Morgan fingerprint density at radius 1 is 1.14 bits per heavy atom. The molecule has 1 atom stereocenters. The molecule has 1 aromatic carbocycles. The molecule has 0 bridgehead atoms. The van der Waals surface area contributed by atoms with Gasteiger partial charge in [-0.15, -0.1) is 0 Å². The summed E-state index contributed by atoms with van der Waals surface area (Å²) in [7, 11) is 0. The highest BCUT2D eigenvalue weighted by molar-refractivity contribution is 5.45. The van der Waals surface area contributed by atoms with Crippen LogP contribution in [0.15, 0.2) is 70.4 Å². The van der Waals surface area contributed by atoms with Crippen LogP contribution in [0.25, 0.3) is 5.69 Å². The maximum absolute atomic E-state index is 12.6. The Labute approximate surface area is 168 Å². The maximum Gasteiger partial charge on any atom is 0.273 e. The van der Waals surface area contributed by atoms with Crippen molar-refractivity contribution in [3.63, 3.8) is 0 Å². The number of nitrogens with two attached hydrogens (primary N) is 1. The van der Waals surface area contributed by atoms with E-state index in [9.17, 15) is 9.59 Å². The summed E-state index contributed by atoms with van der Waals surface area (Å²) in [5.41, 5.74) is 6.53. The molecule has 1 aliphatic rings. The van der Waals surface area contributed by atoms with E-state index in [0.29, 0.717) is 24.7 Å². The first-order chi connectivity index (χ1) is 13.9. The molecule has 7 nitrogen and oxygen atoms in total. The molecule has 7 heteroatoms. The molecule has 0 spiro atoms. The van der Waals surface area contributed by atoms with Gasteiger partial charge in [-0.1, -0.05) is 30.3 Å². The molecule has 3 aromatic rings. The monoisotopic (exact) mass is 392 g/mol. The number of aromatic amines is 1. The van der Waals surface area contributed by atoms with Crippen molar-refractivity contribution in [3.05, 3.63) is 87.1 Å². The van der Waals surface area contributed by atoms with Crippen LogP contribution in [-0.4, -0.2) is 28.2 Å². The Kier molecular flexibility index (Phi) is 4.98. The van der Waals surface area contributed by atoms with Crippen molar-refractivity contribution in [1.82, 2.24) is 9.55 Å². The lowest BCUT2D eigenvalue weighted by molar-refractivity contribution is 0.305. The smallest absolute Gasteiger partial charge is 0.273 e. The second kappa shape index (κ2) is 7.60. The topological polar surface area (TPSA) is 93.3 Å². The van der Waals surface area contributed by atoms with E-state index >= 15 is 0 Å². The van der Waals surface area contributed by atoms with Crippen LogP contribution in [0.5, 0.6) is 5.75 Å². The SMILES string of the molecule is CC1(N)CCN(c2ccc(-n3ccc(OCc4ccccc4)cc3=O)c(=O)[nH]2)C1. The summed E-state index contributed by atoms with van der Waals surface area (Å²) in [6.45, 7) is 3.83. The zero-order chi connectivity index (χ0) is 20.4. The Bertz CT molecular complexity index is 1120. The van der Waals surface area contributed by atoms with Crippen molar-refractivity contribution < 1.29 is 4.74 Å². The minimum Gasteiger partial charge on any atom is -0.489 e. The molecule has 1 saturated heterocycles.